The van der Waals surface area contributed by atoms with Crippen LogP contribution in [0, 0.1) is 0 Å². The zero-order valence-electron chi connectivity index (χ0n) is 10.3. The molecule has 0 fully saturated rings. The van der Waals surface area contributed by atoms with Crippen molar-refractivity contribution in [1.82, 2.24) is 0 Å². The van der Waals surface area contributed by atoms with Gasteiger partial charge in [0, 0.05) is 18.4 Å². The first-order chi connectivity index (χ1) is 8.21. The van der Waals surface area contributed by atoms with Gasteiger partial charge < -0.3 is 19.5 Å². The predicted octanol–water partition coefficient (Wildman–Crippen LogP) is 1.68. The largest absolute Gasteiger partial charge is 0.493 e. The quantitative estimate of drug-likeness (QED) is 0.820. The van der Waals surface area contributed by atoms with Crippen LogP contribution in [0.25, 0.3) is 0 Å². The van der Waals surface area contributed by atoms with E-state index in [2.05, 4.69) is 5.32 Å². The van der Waals surface area contributed by atoms with Gasteiger partial charge in [-0.2, -0.15) is 0 Å². The van der Waals surface area contributed by atoms with Crippen LogP contribution in [0.3, 0.4) is 0 Å². The fraction of sp³-hybridized carbons (Fsp3) is 0.417. The Kier molecular flexibility index (Phi) is 5.29. The number of hydrogen-bond donors (Lipinski definition) is 1. The molecular weight excluding hydrogens is 222 g/mol. The summed E-state index contributed by atoms with van der Waals surface area (Å²) in [5, 5.41) is 2.70. The fourth-order valence-corrected chi connectivity index (χ4v) is 1.31. The summed E-state index contributed by atoms with van der Waals surface area (Å²) >= 11 is 0. The number of carbonyl (C=O) groups is 1. The molecule has 0 radical (unpaired) electrons. The molecular formula is C12H17NO4. The first-order valence-electron chi connectivity index (χ1n) is 5.30. The second kappa shape index (κ2) is 6.75. The maximum absolute atomic E-state index is 11.4. The van der Waals surface area contributed by atoms with E-state index in [-0.39, 0.29) is 12.5 Å². The van der Waals surface area contributed by atoms with Crippen LogP contribution < -0.4 is 14.8 Å². The normalized spacial score (nSPS) is 9.82. The minimum atomic E-state index is -0.195. The summed E-state index contributed by atoms with van der Waals surface area (Å²) in [6.07, 6.45) is 0. The van der Waals surface area contributed by atoms with E-state index < -0.39 is 0 Å². The predicted molar refractivity (Wildman–Crippen MR) is 64.7 cm³/mol. The van der Waals surface area contributed by atoms with E-state index >= 15 is 0 Å². The van der Waals surface area contributed by atoms with Crippen LogP contribution in [0.4, 0.5) is 5.69 Å². The number of nitrogens with one attached hydrogen (secondary N) is 1. The van der Waals surface area contributed by atoms with Gasteiger partial charge in [-0.15, -0.1) is 0 Å². The molecule has 0 aliphatic heterocycles. The Balaban J connectivity index is 2.68. The van der Waals surface area contributed by atoms with Gasteiger partial charge in [0.1, 0.15) is 6.61 Å². The van der Waals surface area contributed by atoms with Crippen molar-refractivity contribution in [3.63, 3.8) is 0 Å². The fourth-order valence-electron chi connectivity index (χ4n) is 1.31. The maximum Gasteiger partial charge on any atom is 0.250 e. The number of carbonyl (C=O) groups excluding carboxylic acids is 1. The van der Waals surface area contributed by atoms with Gasteiger partial charge >= 0.3 is 0 Å². The zero-order valence-corrected chi connectivity index (χ0v) is 10.3. The second-order valence-electron chi connectivity index (χ2n) is 3.26. The lowest BCUT2D eigenvalue weighted by atomic mass is 10.2. The van der Waals surface area contributed by atoms with Gasteiger partial charge in [0.15, 0.2) is 11.5 Å². The van der Waals surface area contributed by atoms with Gasteiger partial charge in [-0.05, 0) is 19.1 Å². The molecule has 0 atom stereocenters. The van der Waals surface area contributed by atoms with Gasteiger partial charge in [-0.1, -0.05) is 0 Å². The molecule has 1 N–H and O–H groups in total. The number of ether oxygens (including phenoxy) is 3. The number of methoxy groups -OCH3 is 2. The third-order valence-corrected chi connectivity index (χ3v) is 2.10. The van der Waals surface area contributed by atoms with Crippen molar-refractivity contribution in [3.05, 3.63) is 18.2 Å². The number of amides is 1. The molecule has 5 nitrogen and oxygen atoms in total. The molecule has 1 amide bonds. The number of benzene rings is 1. The van der Waals surface area contributed by atoms with Crippen molar-refractivity contribution >= 4 is 11.6 Å². The van der Waals surface area contributed by atoms with Crippen LogP contribution >= 0.6 is 0 Å². The average Bonchev–Trinajstić information content (AvgIpc) is 2.36. The lowest BCUT2D eigenvalue weighted by molar-refractivity contribution is -0.120. The number of hydrogen-bond acceptors (Lipinski definition) is 4. The van der Waals surface area contributed by atoms with E-state index in [4.69, 9.17) is 14.2 Å². The molecule has 0 aliphatic rings. The van der Waals surface area contributed by atoms with Gasteiger partial charge in [0.05, 0.1) is 14.2 Å². The summed E-state index contributed by atoms with van der Waals surface area (Å²) in [5.41, 5.74) is 0.646. The topological polar surface area (TPSA) is 56.8 Å². The lowest BCUT2D eigenvalue weighted by Crippen LogP contribution is -2.18. The summed E-state index contributed by atoms with van der Waals surface area (Å²) in [7, 11) is 3.11. The molecule has 5 heteroatoms. The Bertz CT molecular complexity index is 379. The van der Waals surface area contributed by atoms with Gasteiger partial charge in [0.25, 0.3) is 0 Å². The minimum Gasteiger partial charge on any atom is -0.493 e. The monoisotopic (exact) mass is 239 g/mol. The SMILES string of the molecule is CCOCC(=O)Nc1ccc(OC)c(OC)c1. The highest BCUT2D eigenvalue weighted by molar-refractivity contribution is 5.92. The van der Waals surface area contributed by atoms with Crippen LogP contribution in [0.2, 0.25) is 0 Å². The molecule has 0 heterocycles. The highest BCUT2D eigenvalue weighted by atomic mass is 16.5. The van der Waals surface area contributed by atoms with E-state index in [1.165, 1.54) is 0 Å². The Hall–Kier alpha value is -1.75. The highest BCUT2D eigenvalue weighted by Gasteiger charge is 2.07. The van der Waals surface area contributed by atoms with E-state index in [9.17, 15) is 4.79 Å². The average molecular weight is 239 g/mol. The van der Waals surface area contributed by atoms with Crippen LogP contribution in [0.1, 0.15) is 6.92 Å². The molecule has 17 heavy (non-hydrogen) atoms. The summed E-state index contributed by atoms with van der Waals surface area (Å²) < 4.78 is 15.2. The first kappa shape index (κ1) is 13.3. The Morgan fingerprint density at radius 3 is 2.53 bits per heavy atom. The Morgan fingerprint density at radius 1 is 1.24 bits per heavy atom. The number of anilines is 1. The second-order valence-corrected chi connectivity index (χ2v) is 3.26. The van der Waals surface area contributed by atoms with Crippen molar-refractivity contribution in [2.24, 2.45) is 0 Å². The van der Waals surface area contributed by atoms with Crippen molar-refractivity contribution < 1.29 is 19.0 Å². The van der Waals surface area contributed by atoms with Crippen molar-refractivity contribution in [3.8, 4) is 11.5 Å². The standard InChI is InChI=1S/C12H17NO4/c1-4-17-8-12(14)13-9-5-6-10(15-2)11(7-9)16-3/h5-7H,4,8H2,1-3H3,(H,13,14). The van der Waals surface area contributed by atoms with E-state index in [0.717, 1.165) is 0 Å². The Labute approximate surface area is 101 Å². The molecule has 0 saturated carbocycles. The van der Waals surface area contributed by atoms with E-state index in [0.29, 0.717) is 23.8 Å². The van der Waals surface area contributed by atoms with E-state index in [1.807, 2.05) is 6.92 Å². The molecule has 0 bridgehead atoms. The molecule has 1 aromatic rings. The van der Waals surface area contributed by atoms with Crippen molar-refractivity contribution in [1.29, 1.82) is 0 Å². The third-order valence-electron chi connectivity index (χ3n) is 2.10. The van der Waals surface area contributed by atoms with Crippen molar-refractivity contribution in [2.45, 2.75) is 6.92 Å². The van der Waals surface area contributed by atoms with Gasteiger partial charge in [-0.3, -0.25) is 4.79 Å². The molecule has 0 aromatic heterocycles. The van der Waals surface area contributed by atoms with Crippen LogP contribution in [0.5, 0.6) is 11.5 Å². The third kappa shape index (κ3) is 3.96. The van der Waals surface area contributed by atoms with Gasteiger partial charge in [0.2, 0.25) is 5.91 Å². The van der Waals surface area contributed by atoms with Crippen LogP contribution in [-0.4, -0.2) is 33.3 Å². The molecule has 0 saturated heterocycles. The summed E-state index contributed by atoms with van der Waals surface area (Å²) in [6, 6.07) is 5.17. The molecule has 1 rings (SSSR count). The number of rotatable bonds is 6. The first-order valence-corrected chi connectivity index (χ1v) is 5.30. The molecule has 0 unspecified atom stereocenters. The maximum atomic E-state index is 11.4. The van der Waals surface area contributed by atoms with Gasteiger partial charge in [-0.25, -0.2) is 0 Å². The summed E-state index contributed by atoms with van der Waals surface area (Å²) in [6.45, 7) is 2.40. The smallest absolute Gasteiger partial charge is 0.250 e. The van der Waals surface area contributed by atoms with Crippen LogP contribution in [0.15, 0.2) is 18.2 Å². The molecule has 0 spiro atoms. The van der Waals surface area contributed by atoms with E-state index in [1.54, 1.807) is 32.4 Å². The minimum absolute atomic E-state index is 0.0465. The molecule has 0 aliphatic carbocycles. The molecule has 94 valence electrons. The summed E-state index contributed by atoms with van der Waals surface area (Å²) in [4.78, 5) is 11.4. The highest BCUT2D eigenvalue weighted by Crippen LogP contribution is 2.29. The lowest BCUT2D eigenvalue weighted by Gasteiger charge is -2.10. The van der Waals surface area contributed by atoms with Crippen LogP contribution in [-0.2, 0) is 9.53 Å². The zero-order chi connectivity index (χ0) is 12.7. The van der Waals surface area contributed by atoms with Crippen molar-refractivity contribution in [2.75, 3.05) is 32.8 Å². The Morgan fingerprint density at radius 2 is 1.94 bits per heavy atom. The molecule has 1 aromatic carbocycles. The summed E-state index contributed by atoms with van der Waals surface area (Å²) in [5.74, 6) is 0.996.